The Balaban J connectivity index is 1.68. The summed E-state index contributed by atoms with van der Waals surface area (Å²) in [5, 5.41) is 3.33. The molecule has 0 saturated carbocycles. The Hall–Kier alpha value is -3.34. The molecular weight excluding hydrogens is 402 g/mol. The first-order chi connectivity index (χ1) is 15.4. The number of hydrogen-bond donors (Lipinski definition) is 1. The lowest BCUT2D eigenvalue weighted by Gasteiger charge is -2.34. The SMILES string of the molecule is CC1=C(C(=O)OCc2ccccc2)[C@H](c2ccc(OC(C)C)cc2)C2=C(CCCC2=O)N1. The highest BCUT2D eigenvalue weighted by molar-refractivity contribution is 6.03. The van der Waals surface area contributed by atoms with E-state index in [2.05, 4.69) is 5.32 Å². The van der Waals surface area contributed by atoms with Crippen molar-refractivity contribution in [3.05, 3.63) is 88.3 Å². The van der Waals surface area contributed by atoms with Crippen molar-refractivity contribution in [3.8, 4) is 5.75 Å². The van der Waals surface area contributed by atoms with Crippen LogP contribution < -0.4 is 10.1 Å². The highest BCUT2D eigenvalue weighted by atomic mass is 16.5. The maximum Gasteiger partial charge on any atom is 0.337 e. The van der Waals surface area contributed by atoms with Crippen LogP contribution >= 0.6 is 0 Å². The van der Waals surface area contributed by atoms with Crippen molar-refractivity contribution in [1.29, 1.82) is 0 Å². The van der Waals surface area contributed by atoms with Gasteiger partial charge in [-0.1, -0.05) is 42.5 Å². The fourth-order valence-electron chi connectivity index (χ4n) is 4.40. The topological polar surface area (TPSA) is 64.6 Å². The number of ketones is 1. The average Bonchev–Trinajstić information content (AvgIpc) is 2.77. The van der Waals surface area contributed by atoms with Gasteiger partial charge < -0.3 is 14.8 Å². The Morgan fingerprint density at radius 1 is 1.06 bits per heavy atom. The third-order valence-corrected chi connectivity index (χ3v) is 5.79. The van der Waals surface area contributed by atoms with Crippen LogP contribution in [0.5, 0.6) is 5.75 Å². The number of allylic oxidation sites excluding steroid dienone is 3. The molecule has 5 heteroatoms. The normalized spacial score (nSPS) is 18.4. The number of hydrogen-bond acceptors (Lipinski definition) is 5. The van der Waals surface area contributed by atoms with Gasteiger partial charge in [0.25, 0.3) is 0 Å². The van der Waals surface area contributed by atoms with Crippen LogP contribution in [-0.4, -0.2) is 17.9 Å². The van der Waals surface area contributed by atoms with Gasteiger partial charge in [0.15, 0.2) is 5.78 Å². The minimum Gasteiger partial charge on any atom is -0.491 e. The van der Waals surface area contributed by atoms with Crippen LogP contribution in [0.4, 0.5) is 0 Å². The molecule has 5 nitrogen and oxygen atoms in total. The minimum atomic E-state index is -0.449. The number of carbonyl (C=O) groups excluding carboxylic acids is 2. The Morgan fingerprint density at radius 2 is 1.78 bits per heavy atom. The molecule has 166 valence electrons. The molecule has 0 fully saturated rings. The van der Waals surface area contributed by atoms with Crippen molar-refractivity contribution in [2.75, 3.05) is 0 Å². The van der Waals surface area contributed by atoms with Gasteiger partial charge in [-0.15, -0.1) is 0 Å². The van der Waals surface area contributed by atoms with Crippen LogP contribution in [-0.2, 0) is 20.9 Å². The van der Waals surface area contributed by atoms with E-state index in [1.807, 2.05) is 75.4 Å². The number of ether oxygens (including phenoxy) is 2. The molecule has 0 saturated heterocycles. The molecule has 4 rings (SSSR count). The van der Waals surface area contributed by atoms with E-state index >= 15 is 0 Å². The lowest BCUT2D eigenvalue weighted by Crippen LogP contribution is -2.34. The summed E-state index contributed by atoms with van der Waals surface area (Å²) in [6, 6.07) is 17.3. The van der Waals surface area contributed by atoms with Crippen molar-refractivity contribution < 1.29 is 19.1 Å². The summed E-state index contributed by atoms with van der Waals surface area (Å²) < 4.78 is 11.5. The van der Waals surface area contributed by atoms with E-state index in [9.17, 15) is 9.59 Å². The Kier molecular flexibility index (Phi) is 6.45. The average molecular weight is 432 g/mol. The first kappa shape index (κ1) is 21.9. The Labute approximate surface area is 189 Å². The predicted octanol–water partition coefficient (Wildman–Crippen LogP) is 5.19. The van der Waals surface area contributed by atoms with Gasteiger partial charge in [-0.05, 0) is 56.9 Å². The molecule has 0 amide bonds. The van der Waals surface area contributed by atoms with E-state index in [0.29, 0.717) is 17.6 Å². The molecule has 1 aliphatic heterocycles. The molecule has 1 aliphatic carbocycles. The lowest BCUT2D eigenvalue weighted by molar-refractivity contribution is -0.140. The fraction of sp³-hybridized carbons (Fsp3) is 0.333. The zero-order valence-corrected chi connectivity index (χ0v) is 18.8. The standard InChI is InChI=1S/C27H29NO4/c1-17(2)32-21-14-12-20(13-15-21)25-24(27(30)31-16-19-8-5-4-6-9-19)18(3)28-22-10-7-11-23(29)26(22)25/h4-6,8-9,12-15,17,25,28H,7,10-11,16H2,1-3H3/t25-/m0/s1. The van der Waals surface area contributed by atoms with Gasteiger partial charge >= 0.3 is 5.97 Å². The van der Waals surface area contributed by atoms with E-state index in [-0.39, 0.29) is 18.5 Å². The first-order valence-corrected chi connectivity index (χ1v) is 11.2. The van der Waals surface area contributed by atoms with Gasteiger partial charge in [0, 0.05) is 29.3 Å². The highest BCUT2D eigenvalue weighted by Gasteiger charge is 2.39. The van der Waals surface area contributed by atoms with Gasteiger partial charge in [-0.25, -0.2) is 4.79 Å². The maximum atomic E-state index is 13.3. The van der Waals surface area contributed by atoms with Crippen molar-refractivity contribution in [3.63, 3.8) is 0 Å². The molecule has 1 N–H and O–H groups in total. The molecule has 0 bridgehead atoms. The van der Waals surface area contributed by atoms with Gasteiger partial charge in [0.2, 0.25) is 0 Å². The van der Waals surface area contributed by atoms with E-state index in [0.717, 1.165) is 41.1 Å². The summed E-state index contributed by atoms with van der Waals surface area (Å²) in [6.07, 6.45) is 2.19. The molecule has 0 spiro atoms. The van der Waals surface area contributed by atoms with Gasteiger partial charge in [-0.2, -0.15) is 0 Å². The second-order valence-corrected chi connectivity index (χ2v) is 8.56. The molecule has 2 aliphatic rings. The number of Topliss-reactive ketones (excluding diaryl/α,β-unsaturated/α-hetero) is 1. The molecule has 0 aromatic heterocycles. The van der Waals surface area contributed by atoms with E-state index in [1.54, 1.807) is 0 Å². The molecule has 1 atom stereocenters. The molecule has 32 heavy (non-hydrogen) atoms. The van der Waals surface area contributed by atoms with E-state index in [1.165, 1.54) is 0 Å². The second-order valence-electron chi connectivity index (χ2n) is 8.56. The van der Waals surface area contributed by atoms with E-state index < -0.39 is 11.9 Å². The summed E-state index contributed by atoms with van der Waals surface area (Å²) in [5.74, 6) is -0.00501. The van der Waals surface area contributed by atoms with Crippen LogP contribution in [0, 0.1) is 0 Å². The van der Waals surface area contributed by atoms with Crippen molar-refractivity contribution in [2.24, 2.45) is 0 Å². The Morgan fingerprint density at radius 3 is 2.47 bits per heavy atom. The number of esters is 1. The monoisotopic (exact) mass is 431 g/mol. The number of benzene rings is 2. The smallest absolute Gasteiger partial charge is 0.337 e. The Bertz CT molecular complexity index is 1060. The van der Waals surface area contributed by atoms with Gasteiger partial charge in [0.05, 0.1) is 11.7 Å². The minimum absolute atomic E-state index is 0.0691. The summed E-state index contributed by atoms with van der Waals surface area (Å²) in [6.45, 7) is 6.02. The molecular formula is C27H29NO4. The van der Waals surface area contributed by atoms with Crippen LogP contribution in [0.15, 0.2) is 77.1 Å². The molecule has 0 unspecified atom stereocenters. The molecule has 2 aromatic carbocycles. The van der Waals surface area contributed by atoms with Crippen molar-refractivity contribution >= 4 is 11.8 Å². The van der Waals surface area contributed by atoms with Gasteiger partial charge in [-0.3, -0.25) is 4.79 Å². The summed E-state index contributed by atoms with van der Waals surface area (Å²) in [4.78, 5) is 26.3. The third kappa shape index (κ3) is 4.62. The fourth-order valence-corrected chi connectivity index (χ4v) is 4.40. The molecule has 2 aromatic rings. The lowest BCUT2D eigenvalue weighted by atomic mass is 9.75. The largest absolute Gasteiger partial charge is 0.491 e. The van der Waals surface area contributed by atoms with Crippen LogP contribution in [0.3, 0.4) is 0 Å². The van der Waals surface area contributed by atoms with Gasteiger partial charge in [0.1, 0.15) is 12.4 Å². The predicted molar refractivity (Wildman–Crippen MR) is 123 cm³/mol. The number of carbonyl (C=O) groups is 2. The van der Waals surface area contributed by atoms with E-state index in [4.69, 9.17) is 9.47 Å². The molecule has 0 radical (unpaired) electrons. The summed E-state index contributed by atoms with van der Waals surface area (Å²) in [5.41, 5.74) is 4.65. The van der Waals surface area contributed by atoms with Crippen LogP contribution in [0.2, 0.25) is 0 Å². The third-order valence-electron chi connectivity index (χ3n) is 5.79. The number of nitrogens with one attached hydrogen (secondary N) is 1. The summed E-state index contributed by atoms with van der Waals surface area (Å²) in [7, 11) is 0. The first-order valence-electron chi connectivity index (χ1n) is 11.2. The quantitative estimate of drug-likeness (QED) is 0.638. The summed E-state index contributed by atoms with van der Waals surface area (Å²) >= 11 is 0. The zero-order chi connectivity index (χ0) is 22.7. The number of dihydropyridines is 1. The van der Waals surface area contributed by atoms with Crippen LogP contribution in [0.1, 0.15) is 57.1 Å². The van der Waals surface area contributed by atoms with Crippen molar-refractivity contribution in [1.82, 2.24) is 5.32 Å². The maximum absolute atomic E-state index is 13.3. The highest BCUT2D eigenvalue weighted by Crippen LogP contribution is 2.42. The number of rotatable bonds is 6. The molecule has 1 heterocycles. The zero-order valence-electron chi connectivity index (χ0n) is 18.8. The van der Waals surface area contributed by atoms with Crippen molar-refractivity contribution in [2.45, 2.75) is 58.7 Å². The van der Waals surface area contributed by atoms with Crippen LogP contribution in [0.25, 0.3) is 0 Å². The second kappa shape index (κ2) is 9.43.